The van der Waals surface area contributed by atoms with Crippen LogP contribution in [0.5, 0.6) is 0 Å². The molecule has 0 aliphatic carbocycles. The summed E-state index contributed by atoms with van der Waals surface area (Å²) in [6.07, 6.45) is 0. The lowest BCUT2D eigenvalue weighted by Gasteiger charge is -2.11. The van der Waals surface area contributed by atoms with Crippen LogP contribution in [-0.4, -0.2) is 0 Å². The summed E-state index contributed by atoms with van der Waals surface area (Å²) in [5, 5.41) is 0.677. The Morgan fingerprint density at radius 1 is 0.889 bits per heavy atom. The molecular formula is C12H6Cl4FN. The summed E-state index contributed by atoms with van der Waals surface area (Å²) < 4.78 is 13.9. The second-order valence-electron chi connectivity index (χ2n) is 3.58. The van der Waals surface area contributed by atoms with Gasteiger partial charge in [0.05, 0.1) is 20.1 Å². The maximum atomic E-state index is 13.9. The number of nitrogen functional groups attached to an aromatic ring is 1. The molecule has 0 atom stereocenters. The van der Waals surface area contributed by atoms with Crippen LogP contribution in [0.3, 0.4) is 0 Å². The van der Waals surface area contributed by atoms with Crippen LogP contribution >= 0.6 is 46.4 Å². The van der Waals surface area contributed by atoms with Crippen LogP contribution in [-0.2, 0) is 0 Å². The van der Waals surface area contributed by atoms with Crippen LogP contribution < -0.4 is 5.73 Å². The van der Waals surface area contributed by atoms with Crippen molar-refractivity contribution in [1.82, 2.24) is 0 Å². The molecule has 0 radical (unpaired) electrons. The van der Waals surface area contributed by atoms with Gasteiger partial charge in [0.2, 0.25) is 0 Å². The van der Waals surface area contributed by atoms with Gasteiger partial charge in [-0.05, 0) is 24.3 Å². The van der Waals surface area contributed by atoms with Crippen molar-refractivity contribution in [3.63, 3.8) is 0 Å². The fraction of sp³-hybridized carbons (Fsp3) is 0. The van der Waals surface area contributed by atoms with Gasteiger partial charge in [-0.3, -0.25) is 0 Å². The van der Waals surface area contributed by atoms with Crippen LogP contribution in [0.2, 0.25) is 20.1 Å². The van der Waals surface area contributed by atoms with E-state index in [1.165, 1.54) is 18.2 Å². The first kappa shape index (κ1) is 13.8. The molecule has 0 saturated carbocycles. The second-order valence-corrected chi connectivity index (χ2v) is 5.15. The maximum absolute atomic E-state index is 13.9. The first-order chi connectivity index (χ1) is 8.41. The van der Waals surface area contributed by atoms with Crippen molar-refractivity contribution in [3.05, 3.63) is 50.2 Å². The van der Waals surface area contributed by atoms with Gasteiger partial charge in [-0.1, -0.05) is 46.4 Å². The highest BCUT2D eigenvalue weighted by Gasteiger charge is 2.18. The summed E-state index contributed by atoms with van der Waals surface area (Å²) in [5.41, 5.74) is 6.31. The molecular weight excluding hydrogens is 319 g/mol. The van der Waals surface area contributed by atoms with Crippen molar-refractivity contribution in [1.29, 1.82) is 0 Å². The molecule has 0 fully saturated rings. The van der Waals surface area contributed by atoms with E-state index in [2.05, 4.69) is 0 Å². The van der Waals surface area contributed by atoms with Crippen molar-refractivity contribution < 1.29 is 4.39 Å². The van der Waals surface area contributed by atoms with Gasteiger partial charge in [0, 0.05) is 16.8 Å². The molecule has 0 unspecified atom stereocenters. The number of nitrogens with two attached hydrogens (primary N) is 1. The average molecular weight is 325 g/mol. The number of hydrogen-bond acceptors (Lipinski definition) is 1. The molecule has 0 spiro atoms. The zero-order chi connectivity index (χ0) is 13.4. The zero-order valence-corrected chi connectivity index (χ0v) is 11.8. The largest absolute Gasteiger partial charge is 0.399 e. The Bertz CT molecular complexity index is 628. The second kappa shape index (κ2) is 5.14. The molecule has 0 bridgehead atoms. The highest BCUT2D eigenvalue weighted by Crippen LogP contribution is 2.43. The fourth-order valence-electron chi connectivity index (χ4n) is 1.55. The molecule has 0 aliphatic rings. The van der Waals surface area contributed by atoms with Gasteiger partial charge in [-0.2, -0.15) is 0 Å². The van der Waals surface area contributed by atoms with Crippen LogP contribution in [0.25, 0.3) is 11.1 Å². The third-order valence-corrected chi connectivity index (χ3v) is 3.94. The number of hydrogen-bond donors (Lipinski definition) is 1. The number of rotatable bonds is 1. The Morgan fingerprint density at radius 2 is 1.56 bits per heavy atom. The van der Waals surface area contributed by atoms with Gasteiger partial charge in [0.15, 0.2) is 0 Å². The van der Waals surface area contributed by atoms with E-state index in [1.54, 1.807) is 6.07 Å². The van der Waals surface area contributed by atoms with Gasteiger partial charge >= 0.3 is 0 Å². The molecule has 0 saturated heterocycles. The van der Waals surface area contributed by atoms with E-state index in [0.717, 1.165) is 0 Å². The molecule has 0 heterocycles. The van der Waals surface area contributed by atoms with E-state index < -0.39 is 5.82 Å². The van der Waals surface area contributed by atoms with Gasteiger partial charge in [0.1, 0.15) is 5.82 Å². The molecule has 0 aromatic heterocycles. The van der Waals surface area contributed by atoms with Crippen LogP contribution in [0, 0.1) is 5.82 Å². The first-order valence-electron chi connectivity index (χ1n) is 4.80. The molecule has 94 valence electrons. The van der Waals surface area contributed by atoms with E-state index in [1.807, 2.05) is 0 Å². The summed E-state index contributed by atoms with van der Waals surface area (Å²) in [6, 6.07) is 5.64. The van der Waals surface area contributed by atoms with E-state index >= 15 is 0 Å². The summed E-state index contributed by atoms with van der Waals surface area (Å²) in [5.74, 6) is -0.530. The van der Waals surface area contributed by atoms with Crippen molar-refractivity contribution in [2.75, 3.05) is 5.73 Å². The van der Waals surface area contributed by atoms with Crippen LogP contribution in [0.4, 0.5) is 10.1 Å². The molecule has 2 aromatic rings. The summed E-state index contributed by atoms with van der Waals surface area (Å²) in [7, 11) is 0. The first-order valence-corrected chi connectivity index (χ1v) is 6.31. The average Bonchev–Trinajstić information content (AvgIpc) is 2.29. The van der Waals surface area contributed by atoms with Crippen molar-refractivity contribution >= 4 is 52.1 Å². The van der Waals surface area contributed by atoms with Crippen molar-refractivity contribution in [2.45, 2.75) is 0 Å². The van der Waals surface area contributed by atoms with Gasteiger partial charge in [-0.15, -0.1) is 0 Å². The molecule has 18 heavy (non-hydrogen) atoms. The van der Waals surface area contributed by atoms with E-state index in [-0.39, 0.29) is 25.7 Å². The Balaban J connectivity index is 2.75. The third-order valence-electron chi connectivity index (χ3n) is 2.38. The predicted octanol–water partition coefficient (Wildman–Crippen LogP) is 5.69. The SMILES string of the molecule is Nc1ccc(-c2c(Cl)cc(Cl)c(Cl)c2Cl)c(F)c1. The minimum atomic E-state index is -0.530. The van der Waals surface area contributed by atoms with Crippen molar-refractivity contribution in [3.8, 4) is 11.1 Å². The molecule has 1 nitrogen and oxygen atoms in total. The fourth-order valence-corrected chi connectivity index (χ4v) is 2.66. The zero-order valence-electron chi connectivity index (χ0n) is 8.78. The summed E-state index contributed by atoms with van der Waals surface area (Å²) in [4.78, 5) is 0. The van der Waals surface area contributed by atoms with Gasteiger partial charge in [-0.25, -0.2) is 4.39 Å². The number of halogens is 5. The maximum Gasteiger partial charge on any atom is 0.133 e. The minimum Gasteiger partial charge on any atom is -0.399 e. The van der Waals surface area contributed by atoms with Crippen LogP contribution in [0.1, 0.15) is 0 Å². The topological polar surface area (TPSA) is 26.0 Å². The monoisotopic (exact) mass is 323 g/mol. The quantitative estimate of drug-likeness (QED) is 0.407. The lowest BCUT2D eigenvalue weighted by atomic mass is 10.0. The summed E-state index contributed by atoms with van der Waals surface area (Å²) in [6.45, 7) is 0. The van der Waals surface area contributed by atoms with Crippen molar-refractivity contribution in [2.24, 2.45) is 0 Å². The molecule has 0 aliphatic heterocycles. The Kier molecular flexibility index (Phi) is 3.93. The molecule has 0 amide bonds. The summed E-state index contributed by atoms with van der Waals surface area (Å²) >= 11 is 23.8. The standard InChI is InChI=1S/C12H6Cl4FN/c13-7-4-8(14)11(15)12(16)10(7)6-2-1-5(18)3-9(6)17/h1-4H,18H2. The molecule has 2 aromatic carbocycles. The molecule has 6 heteroatoms. The number of benzene rings is 2. The van der Waals surface area contributed by atoms with E-state index in [9.17, 15) is 4.39 Å². The lowest BCUT2D eigenvalue weighted by molar-refractivity contribution is 0.632. The van der Waals surface area contributed by atoms with Gasteiger partial charge in [0.25, 0.3) is 0 Å². The van der Waals surface area contributed by atoms with Gasteiger partial charge < -0.3 is 5.73 Å². The van der Waals surface area contributed by atoms with E-state index in [4.69, 9.17) is 52.1 Å². The molecule has 2 rings (SSSR count). The molecule has 2 N–H and O–H groups in total. The highest BCUT2D eigenvalue weighted by molar-refractivity contribution is 6.51. The van der Waals surface area contributed by atoms with E-state index in [0.29, 0.717) is 11.3 Å². The minimum absolute atomic E-state index is 0.109. The predicted molar refractivity (Wildman–Crippen MR) is 76.3 cm³/mol. The highest BCUT2D eigenvalue weighted by atomic mass is 35.5. The normalized spacial score (nSPS) is 10.7. The Labute approximate surface area is 123 Å². The Hall–Kier alpha value is -0.670. The lowest BCUT2D eigenvalue weighted by Crippen LogP contribution is -1.91. The Morgan fingerprint density at radius 3 is 2.17 bits per heavy atom. The van der Waals surface area contributed by atoms with Crippen LogP contribution in [0.15, 0.2) is 24.3 Å². The smallest absolute Gasteiger partial charge is 0.133 e. The number of anilines is 1. The third kappa shape index (κ3) is 2.39.